The maximum atomic E-state index is 11.2. The maximum Gasteiger partial charge on any atom is 0.171 e. The van der Waals surface area contributed by atoms with Gasteiger partial charge in [0.15, 0.2) is 5.78 Å². The molecule has 1 aromatic rings. The van der Waals surface area contributed by atoms with Crippen LogP contribution in [0.1, 0.15) is 6.42 Å². The standard InChI is InChI=1S/C10H12ClNO2/c11-12-7-6-9(13)8-14-10-4-2-1-3-5-10/h1-5,12H,6-8H2. The Labute approximate surface area is 88.1 Å². The molecule has 0 saturated heterocycles. The Hall–Kier alpha value is -1.06. The van der Waals surface area contributed by atoms with Crippen molar-refractivity contribution in [3.05, 3.63) is 30.3 Å². The minimum absolute atomic E-state index is 0.0296. The van der Waals surface area contributed by atoms with Gasteiger partial charge in [0.2, 0.25) is 0 Å². The van der Waals surface area contributed by atoms with Crippen LogP contribution >= 0.6 is 11.8 Å². The molecule has 76 valence electrons. The van der Waals surface area contributed by atoms with Crippen molar-refractivity contribution in [1.29, 1.82) is 0 Å². The molecule has 1 rings (SSSR count). The Kier molecular flexibility index (Phi) is 5.04. The van der Waals surface area contributed by atoms with E-state index in [-0.39, 0.29) is 12.4 Å². The zero-order chi connectivity index (χ0) is 10.2. The molecule has 0 atom stereocenters. The molecule has 0 saturated carbocycles. The second-order valence-electron chi connectivity index (χ2n) is 2.77. The SMILES string of the molecule is O=C(CCNCl)COc1ccccc1. The summed E-state index contributed by atoms with van der Waals surface area (Å²) in [5, 5.41) is 0. The van der Waals surface area contributed by atoms with Crippen molar-refractivity contribution in [2.45, 2.75) is 6.42 Å². The zero-order valence-electron chi connectivity index (χ0n) is 7.70. The molecule has 0 spiro atoms. The van der Waals surface area contributed by atoms with Gasteiger partial charge in [0, 0.05) is 13.0 Å². The minimum atomic E-state index is 0.0296. The molecule has 0 aliphatic rings. The van der Waals surface area contributed by atoms with Crippen LogP contribution in [0.3, 0.4) is 0 Å². The van der Waals surface area contributed by atoms with Gasteiger partial charge in [-0.25, -0.2) is 4.84 Å². The number of carbonyl (C=O) groups excluding carboxylic acids is 1. The predicted molar refractivity (Wildman–Crippen MR) is 55.4 cm³/mol. The first-order valence-corrected chi connectivity index (χ1v) is 4.74. The fourth-order valence-electron chi connectivity index (χ4n) is 0.939. The number of carbonyl (C=O) groups is 1. The van der Waals surface area contributed by atoms with Gasteiger partial charge in [0.1, 0.15) is 12.4 Å². The van der Waals surface area contributed by atoms with E-state index < -0.39 is 0 Å². The monoisotopic (exact) mass is 213 g/mol. The van der Waals surface area contributed by atoms with Gasteiger partial charge < -0.3 is 4.74 Å². The summed E-state index contributed by atoms with van der Waals surface area (Å²) in [6.07, 6.45) is 0.385. The number of ether oxygens (including phenoxy) is 1. The van der Waals surface area contributed by atoms with Crippen LogP contribution in [0.2, 0.25) is 0 Å². The molecule has 0 aliphatic heterocycles. The Bertz CT molecular complexity index is 277. The second kappa shape index (κ2) is 6.40. The topological polar surface area (TPSA) is 38.3 Å². The number of rotatable bonds is 6. The van der Waals surface area contributed by atoms with E-state index in [0.717, 1.165) is 0 Å². The van der Waals surface area contributed by atoms with E-state index in [4.69, 9.17) is 16.5 Å². The van der Waals surface area contributed by atoms with Crippen molar-refractivity contribution >= 4 is 17.6 Å². The van der Waals surface area contributed by atoms with Gasteiger partial charge in [-0.2, -0.15) is 0 Å². The third-order valence-electron chi connectivity index (χ3n) is 1.64. The molecule has 0 bridgehead atoms. The van der Waals surface area contributed by atoms with Crippen LogP contribution in [-0.2, 0) is 4.79 Å². The second-order valence-corrected chi connectivity index (χ2v) is 3.04. The molecule has 0 aliphatic carbocycles. The fourth-order valence-corrected chi connectivity index (χ4v) is 1.03. The molecule has 0 fully saturated rings. The quantitative estimate of drug-likeness (QED) is 0.732. The molecule has 4 heteroatoms. The van der Waals surface area contributed by atoms with Gasteiger partial charge in [-0.3, -0.25) is 4.79 Å². The van der Waals surface area contributed by atoms with E-state index in [2.05, 4.69) is 4.84 Å². The summed E-state index contributed by atoms with van der Waals surface area (Å²) in [5.74, 6) is 0.738. The summed E-state index contributed by atoms with van der Waals surface area (Å²) in [6.45, 7) is 0.571. The third-order valence-corrected chi connectivity index (χ3v) is 1.83. The molecule has 1 aromatic carbocycles. The number of para-hydroxylation sites is 1. The Morgan fingerprint density at radius 1 is 1.36 bits per heavy atom. The lowest BCUT2D eigenvalue weighted by atomic mass is 10.3. The lowest BCUT2D eigenvalue weighted by Gasteiger charge is -2.04. The zero-order valence-corrected chi connectivity index (χ0v) is 8.46. The van der Waals surface area contributed by atoms with Crippen molar-refractivity contribution in [3.8, 4) is 5.75 Å². The van der Waals surface area contributed by atoms with Crippen LogP contribution < -0.4 is 9.57 Å². The van der Waals surface area contributed by atoms with Crippen molar-refractivity contribution in [3.63, 3.8) is 0 Å². The summed E-state index contributed by atoms with van der Waals surface area (Å²) in [7, 11) is 0. The highest BCUT2D eigenvalue weighted by molar-refractivity contribution is 6.13. The number of nitrogens with one attached hydrogen (secondary N) is 1. The third kappa shape index (κ3) is 4.25. The highest BCUT2D eigenvalue weighted by atomic mass is 35.5. The van der Waals surface area contributed by atoms with Gasteiger partial charge in [0.25, 0.3) is 0 Å². The highest BCUT2D eigenvalue weighted by Crippen LogP contribution is 2.07. The van der Waals surface area contributed by atoms with Crippen LogP contribution in [0.5, 0.6) is 5.75 Å². The van der Waals surface area contributed by atoms with E-state index in [1.165, 1.54) is 0 Å². The Balaban J connectivity index is 2.24. The van der Waals surface area contributed by atoms with E-state index in [1.807, 2.05) is 30.3 Å². The van der Waals surface area contributed by atoms with Crippen LogP contribution in [0.15, 0.2) is 30.3 Å². The summed E-state index contributed by atoms with van der Waals surface area (Å²) in [5.41, 5.74) is 0. The smallest absolute Gasteiger partial charge is 0.171 e. The van der Waals surface area contributed by atoms with Crippen LogP contribution in [-0.4, -0.2) is 18.9 Å². The molecule has 14 heavy (non-hydrogen) atoms. The normalized spacial score (nSPS) is 9.79. The first-order valence-electron chi connectivity index (χ1n) is 4.36. The predicted octanol–water partition coefficient (Wildman–Crippen LogP) is 1.77. The number of halogens is 1. The average molecular weight is 214 g/mol. The number of hydrogen-bond acceptors (Lipinski definition) is 3. The van der Waals surface area contributed by atoms with Crippen molar-refractivity contribution in [2.75, 3.05) is 13.2 Å². The first-order chi connectivity index (χ1) is 6.83. The van der Waals surface area contributed by atoms with Crippen LogP contribution in [0.25, 0.3) is 0 Å². The van der Waals surface area contributed by atoms with E-state index in [0.29, 0.717) is 18.7 Å². The summed E-state index contributed by atoms with van der Waals surface area (Å²) >= 11 is 5.22. The molecule has 0 heterocycles. The molecule has 0 amide bonds. The van der Waals surface area contributed by atoms with E-state index >= 15 is 0 Å². The van der Waals surface area contributed by atoms with Crippen LogP contribution in [0.4, 0.5) is 0 Å². The van der Waals surface area contributed by atoms with Crippen molar-refractivity contribution in [2.24, 2.45) is 0 Å². The number of benzene rings is 1. The first kappa shape index (κ1) is 11.0. The lowest BCUT2D eigenvalue weighted by molar-refractivity contribution is -0.120. The molecule has 3 nitrogen and oxygen atoms in total. The number of hydrogen-bond donors (Lipinski definition) is 1. The average Bonchev–Trinajstić information content (AvgIpc) is 2.25. The maximum absolute atomic E-state index is 11.2. The van der Waals surface area contributed by atoms with E-state index in [9.17, 15) is 4.79 Å². The van der Waals surface area contributed by atoms with Crippen molar-refractivity contribution in [1.82, 2.24) is 4.84 Å². The minimum Gasteiger partial charge on any atom is -0.486 e. The molecule has 0 unspecified atom stereocenters. The fraction of sp³-hybridized carbons (Fsp3) is 0.300. The van der Waals surface area contributed by atoms with Crippen molar-refractivity contribution < 1.29 is 9.53 Å². The van der Waals surface area contributed by atoms with Gasteiger partial charge in [-0.15, -0.1) is 0 Å². The lowest BCUT2D eigenvalue weighted by Crippen LogP contribution is -2.15. The van der Waals surface area contributed by atoms with Crippen LogP contribution in [0, 0.1) is 0 Å². The Morgan fingerprint density at radius 2 is 2.07 bits per heavy atom. The Morgan fingerprint density at radius 3 is 2.71 bits per heavy atom. The van der Waals surface area contributed by atoms with E-state index in [1.54, 1.807) is 0 Å². The summed E-state index contributed by atoms with van der Waals surface area (Å²) < 4.78 is 5.24. The van der Waals surface area contributed by atoms with Gasteiger partial charge in [0.05, 0.1) is 0 Å². The van der Waals surface area contributed by atoms with Gasteiger partial charge in [-0.1, -0.05) is 18.2 Å². The molecule has 0 aromatic heterocycles. The van der Waals surface area contributed by atoms with Gasteiger partial charge in [-0.05, 0) is 23.9 Å². The number of Topliss-reactive ketones (excluding diaryl/α,β-unsaturated/α-hetero) is 1. The molecular weight excluding hydrogens is 202 g/mol. The highest BCUT2D eigenvalue weighted by Gasteiger charge is 2.01. The summed E-state index contributed by atoms with van der Waals surface area (Å²) in [6, 6.07) is 9.24. The molecule has 1 N–H and O–H groups in total. The van der Waals surface area contributed by atoms with Gasteiger partial charge >= 0.3 is 0 Å². The summed E-state index contributed by atoms with van der Waals surface area (Å²) in [4.78, 5) is 13.5. The molecular formula is C10H12ClNO2. The molecule has 0 radical (unpaired) electrons. The number of ketones is 1. The largest absolute Gasteiger partial charge is 0.486 e.